The third-order valence-electron chi connectivity index (χ3n) is 11.2. The second-order valence-electron chi connectivity index (χ2n) is 17.3. The van der Waals surface area contributed by atoms with Crippen molar-refractivity contribution in [1.82, 2.24) is 0 Å². The average Bonchev–Trinajstić information content (AvgIpc) is 3.25. The fraction of sp³-hybridized carbons (Fsp3) is 0.860. The van der Waals surface area contributed by atoms with E-state index < -0.39 is 51.1 Å². The normalized spacial score (nSPS) is 13.7. The van der Waals surface area contributed by atoms with Crippen LogP contribution >= 0.6 is 7.82 Å². The zero-order chi connectivity index (χ0) is 45.6. The van der Waals surface area contributed by atoms with E-state index >= 15 is 0 Å². The molecule has 0 aliphatic rings. The molecule has 0 bridgehead atoms. The van der Waals surface area contributed by atoms with Gasteiger partial charge in [-0.25, -0.2) is 4.57 Å². The molecule has 364 valence electrons. The molecule has 0 aromatic carbocycles. The van der Waals surface area contributed by atoms with Crippen molar-refractivity contribution in [2.45, 2.75) is 257 Å². The van der Waals surface area contributed by atoms with Gasteiger partial charge in [0.1, 0.15) is 12.6 Å². The van der Waals surface area contributed by atoms with Crippen LogP contribution in [0.5, 0.6) is 0 Å². The molecule has 12 heteroatoms. The molecule has 0 amide bonds. The Labute approximate surface area is 379 Å². The lowest BCUT2D eigenvalue weighted by molar-refractivity contribution is -0.161. The second kappa shape index (κ2) is 45.5. The van der Waals surface area contributed by atoms with Crippen LogP contribution in [0.3, 0.4) is 0 Å². The molecule has 0 saturated carbocycles. The lowest BCUT2D eigenvalue weighted by atomic mass is 10.0. The summed E-state index contributed by atoms with van der Waals surface area (Å²) in [6, 6.07) is -1.53. The number of carbonyl (C=O) groups excluding carboxylic acids is 2. The van der Waals surface area contributed by atoms with Crippen LogP contribution in [0.25, 0.3) is 0 Å². The number of carboxylic acid groups (broad SMARTS) is 1. The number of ether oxygens (including phenoxy) is 2. The number of carbonyl (C=O) groups is 3. The molecule has 0 fully saturated rings. The monoisotopic (exact) mass is 900 g/mol. The van der Waals surface area contributed by atoms with E-state index in [-0.39, 0.29) is 19.4 Å². The summed E-state index contributed by atoms with van der Waals surface area (Å²) >= 11 is 0. The number of unbranched alkanes of at least 4 members (excludes halogenated alkanes) is 30. The maximum atomic E-state index is 12.7. The Morgan fingerprint density at radius 2 is 0.839 bits per heavy atom. The van der Waals surface area contributed by atoms with Crippen LogP contribution in [-0.2, 0) is 37.5 Å². The van der Waals surface area contributed by atoms with Crippen LogP contribution in [0.15, 0.2) is 24.3 Å². The van der Waals surface area contributed by atoms with E-state index in [1.165, 1.54) is 161 Å². The standard InChI is InChI=1S/C50H94NO10P/c1-3-5-7-9-11-13-15-17-19-20-21-22-23-24-25-26-28-30-32-34-36-38-40-42-49(53)61-46(44-59-62(56,57)60-45-47(51)50(54)55)43-58-48(52)41-39-37-35-33-31-29-27-18-16-14-12-10-8-6-4-2/h26,28,34,36,46-47H,3-25,27,29-33,35,37-45,51H2,1-2H3,(H,54,55)(H,56,57)/b28-26+,36-34+/t46-,47-/m0/s1. The molecular formula is C50H94NO10P. The minimum absolute atomic E-state index is 0.105. The molecule has 0 aromatic heterocycles. The van der Waals surface area contributed by atoms with Gasteiger partial charge in [0.15, 0.2) is 6.10 Å². The Morgan fingerprint density at radius 3 is 1.27 bits per heavy atom. The molecule has 1 unspecified atom stereocenters. The van der Waals surface area contributed by atoms with Crippen molar-refractivity contribution in [3.05, 3.63) is 24.3 Å². The van der Waals surface area contributed by atoms with E-state index in [9.17, 15) is 23.8 Å². The summed E-state index contributed by atoms with van der Waals surface area (Å²) in [5.41, 5.74) is 5.35. The quantitative estimate of drug-likeness (QED) is 0.0230. The van der Waals surface area contributed by atoms with E-state index in [4.69, 9.17) is 24.8 Å². The van der Waals surface area contributed by atoms with E-state index in [2.05, 4.69) is 42.7 Å². The minimum Gasteiger partial charge on any atom is -0.480 e. The number of carboxylic acids is 1. The number of esters is 2. The van der Waals surface area contributed by atoms with Gasteiger partial charge in [-0.05, 0) is 44.9 Å². The van der Waals surface area contributed by atoms with Crippen molar-refractivity contribution in [2.75, 3.05) is 19.8 Å². The number of hydrogen-bond acceptors (Lipinski definition) is 9. The van der Waals surface area contributed by atoms with Gasteiger partial charge >= 0.3 is 25.7 Å². The van der Waals surface area contributed by atoms with Crippen LogP contribution in [-0.4, -0.2) is 59.9 Å². The molecule has 0 rings (SSSR count). The first kappa shape index (κ1) is 60.0. The maximum absolute atomic E-state index is 12.7. The van der Waals surface area contributed by atoms with Gasteiger partial charge < -0.3 is 25.2 Å². The van der Waals surface area contributed by atoms with Gasteiger partial charge in [-0.15, -0.1) is 0 Å². The molecule has 0 aliphatic heterocycles. The summed E-state index contributed by atoms with van der Waals surface area (Å²) in [5, 5.41) is 8.91. The topological polar surface area (TPSA) is 172 Å². The summed E-state index contributed by atoms with van der Waals surface area (Å²) in [6.45, 7) is 2.81. The first-order valence-corrected chi connectivity index (χ1v) is 26.9. The van der Waals surface area contributed by atoms with Gasteiger partial charge in [-0.2, -0.15) is 0 Å². The highest BCUT2D eigenvalue weighted by Crippen LogP contribution is 2.43. The molecular weight excluding hydrogens is 806 g/mol. The van der Waals surface area contributed by atoms with Gasteiger partial charge in [0.25, 0.3) is 0 Å². The first-order chi connectivity index (χ1) is 30.1. The third kappa shape index (κ3) is 44.6. The van der Waals surface area contributed by atoms with Crippen molar-refractivity contribution in [2.24, 2.45) is 5.73 Å². The minimum atomic E-state index is -4.73. The van der Waals surface area contributed by atoms with E-state index in [0.29, 0.717) is 19.3 Å². The highest BCUT2D eigenvalue weighted by Gasteiger charge is 2.28. The van der Waals surface area contributed by atoms with E-state index in [0.717, 1.165) is 38.5 Å². The Kier molecular flexibility index (Phi) is 44.0. The SMILES string of the molecule is CCCCCCCCCCCCCCCC/C=C/CC/C=C/CCCC(=O)O[C@@H](COC(=O)CCCCCCCCCCCCCCCCC)COP(=O)(O)OC[C@H](N)C(=O)O. The summed E-state index contributed by atoms with van der Waals surface area (Å²) in [4.78, 5) is 46.1. The summed E-state index contributed by atoms with van der Waals surface area (Å²) in [6.07, 6.45) is 49.7. The number of phosphoric ester groups is 1. The van der Waals surface area contributed by atoms with Crippen LogP contribution < -0.4 is 5.73 Å². The predicted octanol–water partition coefficient (Wildman–Crippen LogP) is 14.2. The highest BCUT2D eigenvalue weighted by molar-refractivity contribution is 7.47. The molecule has 0 spiro atoms. The fourth-order valence-corrected chi connectivity index (χ4v) is 7.98. The van der Waals surface area contributed by atoms with Crippen LogP contribution in [0.4, 0.5) is 0 Å². The van der Waals surface area contributed by atoms with Crippen LogP contribution in [0.1, 0.15) is 245 Å². The molecule has 0 aliphatic carbocycles. The van der Waals surface area contributed by atoms with Gasteiger partial charge in [-0.1, -0.05) is 212 Å². The summed E-state index contributed by atoms with van der Waals surface area (Å²) < 4.78 is 32.8. The Morgan fingerprint density at radius 1 is 0.484 bits per heavy atom. The second-order valence-corrected chi connectivity index (χ2v) is 18.8. The maximum Gasteiger partial charge on any atom is 0.472 e. The molecule has 0 saturated heterocycles. The fourth-order valence-electron chi connectivity index (χ4n) is 7.20. The highest BCUT2D eigenvalue weighted by atomic mass is 31.2. The molecule has 62 heavy (non-hydrogen) atoms. The van der Waals surface area contributed by atoms with Gasteiger partial charge in [0, 0.05) is 12.8 Å². The van der Waals surface area contributed by atoms with Gasteiger partial charge in [0.05, 0.1) is 13.2 Å². The van der Waals surface area contributed by atoms with Crippen molar-refractivity contribution >= 4 is 25.7 Å². The van der Waals surface area contributed by atoms with Crippen LogP contribution in [0.2, 0.25) is 0 Å². The number of rotatable bonds is 48. The lowest BCUT2D eigenvalue weighted by Gasteiger charge is -2.20. The van der Waals surface area contributed by atoms with Crippen molar-refractivity contribution in [3.8, 4) is 0 Å². The van der Waals surface area contributed by atoms with Gasteiger partial charge in [-0.3, -0.25) is 23.4 Å². The first-order valence-electron chi connectivity index (χ1n) is 25.4. The number of nitrogens with two attached hydrogens (primary N) is 1. The smallest absolute Gasteiger partial charge is 0.472 e. The molecule has 4 N–H and O–H groups in total. The number of hydrogen-bond donors (Lipinski definition) is 3. The van der Waals surface area contributed by atoms with Gasteiger partial charge in [0.2, 0.25) is 0 Å². The number of phosphoric acid groups is 1. The summed E-state index contributed by atoms with van der Waals surface area (Å²) in [5.74, 6) is -2.42. The van der Waals surface area contributed by atoms with Crippen LogP contribution in [0, 0.1) is 0 Å². The molecule has 3 atom stereocenters. The average molecular weight is 900 g/mol. The molecule has 11 nitrogen and oxygen atoms in total. The molecule has 0 heterocycles. The lowest BCUT2D eigenvalue weighted by Crippen LogP contribution is -2.34. The van der Waals surface area contributed by atoms with Crippen molar-refractivity contribution < 1.29 is 47.5 Å². The molecule has 0 aromatic rings. The largest absolute Gasteiger partial charge is 0.480 e. The van der Waals surface area contributed by atoms with E-state index in [1.54, 1.807) is 0 Å². The molecule has 0 radical (unpaired) electrons. The number of allylic oxidation sites excluding steroid dienone is 4. The van der Waals surface area contributed by atoms with E-state index in [1.807, 2.05) is 0 Å². The zero-order valence-electron chi connectivity index (χ0n) is 39.7. The predicted molar refractivity (Wildman–Crippen MR) is 254 cm³/mol. The Hall–Kier alpha value is -2.04. The number of aliphatic carboxylic acids is 1. The van der Waals surface area contributed by atoms with Crippen molar-refractivity contribution in [1.29, 1.82) is 0 Å². The Balaban J connectivity index is 4.27. The summed E-state index contributed by atoms with van der Waals surface area (Å²) in [7, 11) is -4.73. The Bertz CT molecular complexity index is 1150. The zero-order valence-corrected chi connectivity index (χ0v) is 40.6. The van der Waals surface area contributed by atoms with Crippen molar-refractivity contribution in [3.63, 3.8) is 0 Å². The third-order valence-corrected chi connectivity index (χ3v) is 12.1.